The molecule has 0 aliphatic heterocycles. The monoisotopic (exact) mass is 275 g/mol. The smallest absolute Gasteiger partial charge is 0.195 e. The summed E-state index contributed by atoms with van der Waals surface area (Å²) in [6, 6.07) is 7.78. The van der Waals surface area contributed by atoms with E-state index in [0.29, 0.717) is 11.3 Å². The number of nitrogens with one attached hydrogen (secondary N) is 1. The fourth-order valence-electron chi connectivity index (χ4n) is 1.64. The summed E-state index contributed by atoms with van der Waals surface area (Å²) >= 11 is 6.88. The molecule has 3 aromatic rings. The van der Waals surface area contributed by atoms with Gasteiger partial charge in [0.25, 0.3) is 0 Å². The van der Waals surface area contributed by atoms with Crippen molar-refractivity contribution in [1.29, 1.82) is 0 Å². The normalized spacial score (nSPS) is 10.7. The molecule has 0 spiro atoms. The van der Waals surface area contributed by atoms with Crippen molar-refractivity contribution < 1.29 is 0 Å². The van der Waals surface area contributed by atoms with Crippen LogP contribution in [0.3, 0.4) is 0 Å². The van der Waals surface area contributed by atoms with Gasteiger partial charge in [-0.25, -0.2) is 0 Å². The van der Waals surface area contributed by atoms with E-state index in [2.05, 4.69) is 20.4 Å². The Balaban J connectivity index is 2.02. The van der Waals surface area contributed by atoms with Crippen LogP contribution in [0.2, 0.25) is 0 Å². The molecule has 90 valence electrons. The third-order valence-electron chi connectivity index (χ3n) is 2.45. The molecule has 0 saturated carbocycles. The average molecular weight is 275 g/mol. The number of aromatic nitrogens is 5. The van der Waals surface area contributed by atoms with Crippen molar-refractivity contribution in [1.82, 2.24) is 25.0 Å². The lowest BCUT2D eigenvalue weighted by molar-refractivity contribution is 0.748. The predicted octanol–water partition coefficient (Wildman–Crippen LogP) is 2.51. The zero-order valence-corrected chi connectivity index (χ0v) is 10.9. The molecule has 18 heavy (non-hydrogen) atoms. The maximum absolute atomic E-state index is 5.25. The first-order valence-electron chi connectivity index (χ1n) is 5.30. The van der Waals surface area contributed by atoms with Gasteiger partial charge in [-0.15, -0.1) is 11.3 Å². The molecule has 0 unspecified atom stereocenters. The van der Waals surface area contributed by atoms with Gasteiger partial charge in [-0.1, -0.05) is 6.07 Å². The van der Waals surface area contributed by atoms with Crippen molar-refractivity contribution >= 4 is 23.6 Å². The van der Waals surface area contributed by atoms with Gasteiger partial charge < -0.3 is 0 Å². The molecule has 0 fully saturated rings. The lowest BCUT2D eigenvalue weighted by atomic mass is 10.3. The largest absolute Gasteiger partial charge is 0.293 e. The van der Waals surface area contributed by atoms with Gasteiger partial charge in [-0.2, -0.15) is 15.3 Å². The standard InChI is InChI=1S/C11H9N5S2/c17-11-15-14-10(9-4-2-6-18-9)16(11)7-8-3-1-5-12-13-8/h1-6H,7H2,(H,15,17). The fraction of sp³-hybridized carbons (Fsp3) is 0.0909. The van der Waals surface area contributed by atoms with Crippen LogP contribution in [0.5, 0.6) is 0 Å². The van der Waals surface area contributed by atoms with Crippen LogP contribution in [0.4, 0.5) is 0 Å². The third kappa shape index (κ3) is 2.09. The summed E-state index contributed by atoms with van der Waals surface area (Å²) in [5.74, 6) is 0.834. The quantitative estimate of drug-likeness (QED) is 0.746. The van der Waals surface area contributed by atoms with Crippen LogP contribution in [-0.4, -0.2) is 25.0 Å². The number of nitrogens with zero attached hydrogens (tertiary/aromatic N) is 4. The number of hydrogen-bond donors (Lipinski definition) is 1. The van der Waals surface area contributed by atoms with E-state index in [-0.39, 0.29) is 0 Å². The van der Waals surface area contributed by atoms with E-state index >= 15 is 0 Å². The zero-order valence-electron chi connectivity index (χ0n) is 9.28. The van der Waals surface area contributed by atoms with Gasteiger partial charge in [0.15, 0.2) is 10.6 Å². The Kier molecular flexibility index (Phi) is 2.99. The Bertz CT molecular complexity index is 684. The van der Waals surface area contributed by atoms with Crippen molar-refractivity contribution in [2.75, 3.05) is 0 Å². The van der Waals surface area contributed by atoms with Gasteiger partial charge in [0.2, 0.25) is 0 Å². The second-order valence-corrected chi connectivity index (χ2v) is 4.97. The van der Waals surface area contributed by atoms with E-state index < -0.39 is 0 Å². The summed E-state index contributed by atoms with van der Waals surface area (Å²) in [4.78, 5) is 1.08. The molecule has 0 aliphatic carbocycles. The maximum Gasteiger partial charge on any atom is 0.195 e. The number of rotatable bonds is 3. The minimum absolute atomic E-state index is 0.566. The van der Waals surface area contributed by atoms with E-state index in [9.17, 15) is 0 Å². The minimum atomic E-state index is 0.566. The summed E-state index contributed by atoms with van der Waals surface area (Å²) in [5, 5.41) is 17.0. The molecule has 0 bridgehead atoms. The van der Waals surface area contributed by atoms with Crippen molar-refractivity contribution in [2.24, 2.45) is 0 Å². The first kappa shape index (κ1) is 11.2. The Labute approximate surface area is 112 Å². The third-order valence-corrected chi connectivity index (χ3v) is 3.62. The number of thiophene rings is 1. The van der Waals surface area contributed by atoms with Gasteiger partial charge in [-0.3, -0.25) is 9.67 Å². The van der Waals surface area contributed by atoms with Crippen LogP contribution in [0, 0.1) is 4.77 Å². The molecule has 5 nitrogen and oxygen atoms in total. The zero-order chi connectivity index (χ0) is 12.4. The maximum atomic E-state index is 5.25. The van der Waals surface area contributed by atoms with Crippen molar-refractivity contribution in [3.05, 3.63) is 46.3 Å². The summed E-state index contributed by atoms with van der Waals surface area (Å²) in [5.41, 5.74) is 0.854. The van der Waals surface area contributed by atoms with Gasteiger partial charge in [0.1, 0.15) is 0 Å². The summed E-state index contributed by atoms with van der Waals surface area (Å²) in [6.07, 6.45) is 1.65. The van der Waals surface area contributed by atoms with E-state index in [0.717, 1.165) is 16.4 Å². The molecule has 0 radical (unpaired) electrons. The Morgan fingerprint density at radius 1 is 1.33 bits per heavy atom. The van der Waals surface area contributed by atoms with Crippen molar-refractivity contribution in [2.45, 2.75) is 6.54 Å². The second kappa shape index (κ2) is 4.79. The van der Waals surface area contributed by atoms with Gasteiger partial charge in [0, 0.05) is 6.20 Å². The summed E-state index contributed by atoms with van der Waals surface area (Å²) < 4.78 is 2.51. The predicted molar refractivity (Wildman–Crippen MR) is 71.9 cm³/mol. The highest BCUT2D eigenvalue weighted by atomic mass is 32.1. The second-order valence-electron chi connectivity index (χ2n) is 3.63. The molecule has 1 N–H and O–H groups in total. The molecule has 0 amide bonds. The average Bonchev–Trinajstić information content (AvgIpc) is 3.02. The molecule has 0 atom stereocenters. The first-order valence-corrected chi connectivity index (χ1v) is 6.59. The van der Waals surface area contributed by atoms with Gasteiger partial charge in [-0.05, 0) is 35.8 Å². The summed E-state index contributed by atoms with van der Waals surface area (Å²) in [6.45, 7) is 0.566. The van der Waals surface area contributed by atoms with E-state index in [4.69, 9.17) is 12.2 Å². The topological polar surface area (TPSA) is 59.4 Å². The highest BCUT2D eigenvalue weighted by Crippen LogP contribution is 2.23. The van der Waals surface area contributed by atoms with Crippen LogP contribution < -0.4 is 0 Å². The molecule has 3 rings (SSSR count). The van der Waals surface area contributed by atoms with E-state index in [1.807, 2.05) is 34.2 Å². The first-order chi connectivity index (χ1) is 8.84. The van der Waals surface area contributed by atoms with Crippen LogP contribution >= 0.6 is 23.6 Å². The summed E-state index contributed by atoms with van der Waals surface area (Å²) in [7, 11) is 0. The Morgan fingerprint density at radius 3 is 3.00 bits per heavy atom. The number of hydrogen-bond acceptors (Lipinski definition) is 5. The molecule has 0 aliphatic rings. The lowest BCUT2D eigenvalue weighted by Crippen LogP contribution is -2.04. The fourth-order valence-corrected chi connectivity index (χ4v) is 2.56. The highest BCUT2D eigenvalue weighted by molar-refractivity contribution is 7.71. The van der Waals surface area contributed by atoms with E-state index in [1.165, 1.54) is 0 Å². The van der Waals surface area contributed by atoms with Crippen LogP contribution in [0.15, 0.2) is 35.8 Å². The Hall–Kier alpha value is -1.86. The minimum Gasteiger partial charge on any atom is -0.293 e. The van der Waals surface area contributed by atoms with Crippen LogP contribution in [0.1, 0.15) is 5.69 Å². The number of aromatic amines is 1. The Morgan fingerprint density at radius 2 is 2.28 bits per heavy atom. The van der Waals surface area contributed by atoms with Crippen LogP contribution in [0.25, 0.3) is 10.7 Å². The molecule has 7 heteroatoms. The molecular formula is C11H9N5S2. The van der Waals surface area contributed by atoms with Crippen molar-refractivity contribution in [3.63, 3.8) is 0 Å². The molecule has 0 saturated heterocycles. The van der Waals surface area contributed by atoms with Gasteiger partial charge >= 0.3 is 0 Å². The molecule has 3 heterocycles. The number of H-pyrrole nitrogens is 1. The van der Waals surface area contributed by atoms with Crippen LogP contribution in [-0.2, 0) is 6.54 Å². The van der Waals surface area contributed by atoms with Gasteiger partial charge in [0.05, 0.1) is 17.1 Å². The SMILES string of the molecule is S=c1[nH]nc(-c2cccs2)n1Cc1cccnn1. The molecule has 3 aromatic heterocycles. The van der Waals surface area contributed by atoms with E-state index in [1.54, 1.807) is 17.5 Å². The lowest BCUT2D eigenvalue weighted by Gasteiger charge is -2.03. The molecular weight excluding hydrogens is 266 g/mol. The highest BCUT2D eigenvalue weighted by Gasteiger charge is 2.10. The molecule has 0 aromatic carbocycles. The van der Waals surface area contributed by atoms with Crippen molar-refractivity contribution in [3.8, 4) is 10.7 Å².